The van der Waals surface area contributed by atoms with Crippen molar-refractivity contribution < 1.29 is 61.0 Å². The van der Waals surface area contributed by atoms with Crippen molar-refractivity contribution in [1.82, 2.24) is 48.4 Å². The average Bonchev–Trinajstić information content (AvgIpc) is 0.829. The third kappa shape index (κ3) is 30.6. The second-order valence-electron chi connectivity index (χ2n) is 38.2. The molecule has 0 spiro atoms. The van der Waals surface area contributed by atoms with Gasteiger partial charge in [-0.25, -0.2) is 18.0 Å². The van der Waals surface area contributed by atoms with E-state index < -0.39 is 10.0 Å². The number of nitrogens with zero attached hydrogens (tertiary/aromatic N) is 10. The van der Waals surface area contributed by atoms with E-state index in [2.05, 4.69) is 125 Å². The van der Waals surface area contributed by atoms with Crippen molar-refractivity contribution in [1.29, 1.82) is 0 Å². The van der Waals surface area contributed by atoms with E-state index in [0.29, 0.717) is 156 Å². The molecule has 120 heavy (non-hydrogen) atoms. The number of rotatable bonds is 17. The summed E-state index contributed by atoms with van der Waals surface area (Å²) in [5, 5.41) is 0. The fourth-order valence-electron chi connectivity index (χ4n) is 18.5. The highest BCUT2D eigenvalue weighted by atomic mass is 32.2. The Morgan fingerprint density at radius 1 is 0.358 bits per heavy atom. The molecule has 672 valence electrons. The maximum atomic E-state index is 12.5. The second kappa shape index (κ2) is 46.6. The Morgan fingerprint density at radius 3 is 0.817 bits per heavy atom. The fraction of sp³-hybridized carbons (Fsp3) is 0.698. The molecular formula is C96H154N10O13S. The highest BCUT2D eigenvalue weighted by Crippen LogP contribution is 2.45. The molecule has 0 atom stereocenters. The number of allylic oxidation sites excluding steroid dienone is 15. The first-order valence-electron chi connectivity index (χ1n) is 45.0. The molecule has 10 rings (SSSR count). The minimum atomic E-state index is -3.16. The molecule has 10 aliphatic rings. The summed E-state index contributed by atoms with van der Waals surface area (Å²) in [6.45, 7) is 52.9. The van der Waals surface area contributed by atoms with Gasteiger partial charge in [-0.1, -0.05) is 155 Å². The molecule has 5 fully saturated rings. The highest BCUT2D eigenvalue weighted by molar-refractivity contribution is 7.88. The second-order valence-corrected chi connectivity index (χ2v) is 40.2. The Labute approximate surface area is 723 Å². The van der Waals surface area contributed by atoms with Gasteiger partial charge in [0, 0.05) is 174 Å². The average molecular weight is 1690 g/mol. The Hall–Kier alpha value is -7.86. The van der Waals surface area contributed by atoms with E-state index in [1.54, 1.807) is 61.8 Å². The van der Waals surface area contributed by atoms with Gasteiger partial charge in [0.2, 0.25) is 51.4 Å². The van der Waals surface area contributed by atoms with Crippen molar-refractivity contribution in [2.75, 3.05) is 151 Å². The van der Waals surface area contributed by atoms with E-state index in [-0.39, 0.29) is 80.6 Å². The number of sulfonamides is 1. The van der Waals surface area contributed by atoms with Crippen LogP contribution in [0.5, 0.6) is 0 Å². The van der Waals surface area contributed by atoms with E-state index >= 15 is 0 Å². The molecule has 0 saturated carbocycles. The lowest BCUT2D eigenvalue weighted by molar-refractivity contribution is -0.137. The third-order valence-electron chi connectivity index (χ3n) is 26.1. The molecule has 0 aromatic carbocycles. The quantitative estimate of drug-likeness (QED) is 0.123. The number of piperazine rings is 5. The fourth-order valence-corrected chi connectivity index (χ4v) is 19.3. The van der Waals surface area contributed by atoms with Gasteiger partial charge in [-0.15, -0.1) is 0 Å². The van der Waals surface area contributed by atoms with Crippen LogP contribution in [0.4, 0.5) is 9.59 Å². The number of carbonyl (C=O) groups is 9. The van der Waals surface area contributed by atoms with Crippen LogP contribution in [-0.2, 0) is 53.1 Å². The van der Waals surface area contributed by atoms with Gasteiger partial charge >= 0.3 is 12.2 Å². The molecule has 5 saturated heterocycles. The van der Waals surface area contributed by atoms with E-state index in [9.17, 15) is 51.6 Å². The van der Waals surface area contributed by atoms with Gasteiger partial charge in [-0.2, -0.15) is 4.31 Å². The van der Waals surface area contributed by atoms with Gasteiger partial charge in [0.25, 0.3) is 0 Å². The van der Waals surface area contributed by atoms with Crippen LogP contribution in [-0.4, -0.2) is 261 Å². The highest BCUT2D eigenvalue weighted by Gasteiger charge is 2.35. The van der Waals surface area contributed by atoms with Crippen LogP contribution >= 0.6 is 0 Å². The Kier molecular flexibility index (Phi) is 39.2. The van der Waals surface area contributed by atoms with E-state index in [0.717, 1.165) is 64.2 Å². The third-order valence-corrected chi connectivity index (χ3v) is 27.4. The summed E-state index contributed by atoms with van der Waals surface area (Å²) in [7, 11) is -1.78. The summed E-state index contributed by atoms with van der Waals surface area (Å²) in [5.74, 6) is 0.984. The summed E-state index contributed by atoms with van der Waals surface area (Å²) in [6.07, 6.45) is 39.9. The summed E-state index contributed by atoms with van der Waals surface area (Å²) in [6, 6.07) is 0. The van der Waals surface area contributed by atoms with Gasteiger partial charge in [0.15, 0.2) is 0 Å². The zero-order valence-corrected chi connectivity index (χ0v) is 78.6. The van der Waals surface area contributed by atoms with Crippen LogP contribution < -0.4 is 0 Å². The summed E-state index contributed by atoms with van der Waals surface area (Å²) < 4.78 is 34.2. The van der Waals surface area contributed by atoms with Crippen LogP contribution in [0.25, 0.3) is 0 Å². The van der Waals surface area contributed by atoms with Gasteiger partial charge in [0.05, 0.1) is 20.0 Å². The summed E-state index contributed by atoms with van der Waals surface area (Å²) in [4.78, 5) is 126. The van der Waals surface area contributed by atoms with Gasteiger partial charge in [0.1, 0.15) is 0 Å². The van der Waals surface area contributed by atoms with Crippen LogP contribution in [0.1, 0.15) is 254 Å². The first-order chi connectivity index (χ1) is 56.4. The van der Waals surface area contributed by atoms with E-state index in [1.807, 2.05) is 50.0 Å². The predicted molar refractivity (Wildman–Crippen MR) is 481 cm³/mol. The molecule has 0 radical (unpaired) electrons. The molecule has 0 N–H and O–H groups in total. The van der Waals surface area contributed by atoms with E-state index in [4.69, 9.17) is 9.47 Å². The smallest absolute Gasteiger partial charge is 0.409 e. The molecule has 5 aliphatic heterocycles. The van der Waals surface area contributed by atoms with Crippen LogP contribution in [0, 0.1) is 33.0 Å². The molecule has 5 heterocycles. The topological polar surface area (TPSA) is 239 Å². The molecule has 0 unspecified atom stereocenters. The SMILES string of the molecule is CC1=C(/C=C/C(=O)N2CCN(C(=O)CC(C)C)CC2)C(C)(C)CCC1.CC1=C(/C=C/C(=O)N2CCN(S(C)(=O)=O)CC2)C(C)(C)CCC1.CCCCC(=O)N1CCN(C(=O)/C=C/C2=C(C)CCCC2(C)C)CC1.CCOC(=O)N1CCN(C(=O)/C=C/C2=C(C)CCCC2(C)C)CC1.COC(=O)N1CCN(C(=O)/C=C/C2=C(C)CCCC2(C)C)CC1. The number of amides is 9. The minimum Gasteiger partial charge on any atom is -0.453 e. The van der Waals surface area contributed by atoms with Crippen LogP contribution in [0.15, 0.2) is 116 Å². The van der Waals surface area contributed by atoms with Crippen molar-refractivity contribution >= 4 is 63.6 Å². The van der Waals surface area contributed by atoms with Crippen molar-refractivity contribution in [3.05, 3.63) is 116 Å². The van der Waals surface area contributed by atoms with Crippen molar-refractivity contribution in [3.8, 4) is 0 Å². The maximum absolute atomic E-state index is 12.5. The van der Waals surface area contributed by atoms with E-state index in [1.165, 1.54) is 118 Å². The molecule has 5 aliphatic carbocycles. The zero-order chi connectivity index (χ0) is 89.1. The number of unbranched alkanes of at least 4 members (excludes halogenated alkanes) is 1. The van der Waals surface area contributed by atoms with Crippen molar-refractivity contribution in [2.24, 2.45) is 33.0 Å². The van der Waals surface area contributed by atoms with Gasteiger partial charge in [-0.05, 0) is 205 Å². The maximum Gasteiger partial charge on any atom is 0.409 e. The predicted octanol–water partition coefficient (Wildman–Crippen LogP) is 16.2. The summed E-state index contributed by atoms with van der Waals surface area (Å²) in [5.41, 5.74) is 14.2. The molecule has 0 bridgehead atoms. The number of carbonyl (C=O) groups excluding carboxylic acids is 9. The lowest BCUT2D eigenvalue weighted by Crippen LogP contribution is -2.50. The monoisotopic (exact) mass is 1690 g/mol. The first kappa shape index (κ1) is 101. The first-order valence-corrected chi connectivity index (χ1v) is 46.8. The largest absolute Gasteiger partial charge is 0.453 e. The molecule has 0 aromatic heterocycles. The normalized spacial score (nSPS) is 21.8. The van der Waals surface area contributed by atoms with Crippen LogP contribution in [0.2, 0.25) is 0 Å². The van der Waals surface area contributed by atoms with Crippen LogP contribution in [0.3, 0.4) is 0 Å². The molecule has 23 nitrogen and oxygen atoms in total. The number of methoxy groups -OCH3 is 1. The Balaban J connectivity index is 0.000000233. The zero-order valence-electron chi connectivity index (χ0n) is 77.8. The molecular weight excluding hydrogens is 1530 g/mol. The molecule has 0 aromatic rings. The lowest BCUT2D eigenvalue weighted by Gasteiger charge is -2.35. The Morgan fingerprint density at radius 2 is 0.592 bits per heavy atom. The number of ether oxygens (including phenoxy) is 2. The van der Waals surface area contributed by atoms with Crippen molar-refractivity contribution in [3.63, 3.8) is 0 Å². The molecule has 24 heteroatoms. The minimum absolute atomic E-state index is 0.0242. The standard InChI is InChI=1S/2C21H34N2O2.C19H30N2O3.C18H28N2O3.C17H28N2O3S/c1-16(2)15-20(25)23-13-11-22(12-14-23)19(24)9-8-18-17(3)7-6-10-21(18,4)5;1-5-6-9-19(24)22-13-15-23(16-14-22)20(25)11-10-18-17(2)8-7-12-21(18,3)4;1-5-24-18(23)21-13-11-20(12-14-21)17(22)9-8-16-15(2)7-6-10-19(16,3)4;1-14-6-5-9-18(2,3)15(14)7-8-16(21)19-10-12-20(13-11-19)17(22)23-4;1-14-6-5-9-17(2,3)15(14)7-8-16(20)18-10-12-19(13-11-18)23(4,21)22/h8-9,16H,6-7,10-15H2,1-5H3;10-11H,5-9,12-16H2,1-4H3;8-9H,5-7,10-14H2,1-4H3;2*7-8H,5-6,9-13H2,1-4H3/b9-8+;11-10+;9-8+;2*8-7+. The van der Waals surface area contributed by atoms with Crippen molar-refractivity contribution in [2.45, 2.75) is 254 Å². The number of hydrogen-bond donors (Lipinski definition) is 0. The molecule has 9 amide bonds. The Bertz CT molecular complexity index is 3990. The van der Waals surface area contributed by atoms with Gasteiger partial charge in [-0.3, -0.25) is 33.6 Å². The lowest BCUT2D eigenvalue weighted by atomic mass is 9.72. The summed E-state index contributed by atoms with van der Waals surface area (Å²) >= 11 is 0. The number of hydrogen-bond acceptors (Lipinski definition) is 13. The van der Waals surface area contributed by atoms with Gasteiger partial charge < -0.3 is 53.6 Å².